The zero-order valence-electron chi connectivity index (χ0n) is 45.9. The number of unbranched alkanes of at least 4 members (excludes halogenated alkanes) is 43. The maximum atomic E-state index is 12.8. The third-order valence-electron chi connectivity index (χ3n) is 14.0. The molecule has 67 heavy (non-hydrogen) atoms. The molecule has 0 aromatic rings. The molecule has 6 nitrogen and oxygen atoms in total. The summed E-state index contributed by atoms with van der Waals surface area (Å²) in [6, 6.07) is 0. The molecule has 0 N–H and O–H groups in total. The van der Waals surface area contributed by atoms with Gasteiger partial charge in [-0.15, -0.1) is 0 Å². The van der Waals surface area contributed by atoms with Crippen LogP contribution in [0.2, 0.25) is 0 Å². The normalized spacial score (nSPS) is 12.0. The molecule has 1 atom stereocenters. The minimum absolute atomic E-state index is 0.0617. The molecule has 0 saturated carbocycles. The van der Waals surface area contributed by atoms with Gasteiger partial charge in [0.25, 0.3) is 0 Å². The van der Waals surface area contributed by atoms with E-state index in [-0.39, 0.29) is 31.1 Å². The molecule has 0 bridgehead atoms. The maximum Gasteiger partial charge on any atom is 0.306 e. The van der Waals surface area contributed by atoms with Gasteiger partial charge in [0.2, 0.25) is 0 Å². The Hall–Kier alpha value is -1.59. The van der Waals surface area contributed by atoms with Gasteiger partial charge in [0.05, 0.1) is 0 Å². The molecule has 0 aromatic carbocycles. The van der Waals surface area contributed by atoms with E-state index in [1.165, 1.54) is 244 Å². The average Bonchev–Trinajstić information content (AvgIpc) is 3.31. The summed E-state index contributed by atoms with van der Waals surface area (Å²) < 4.78 is 16.9. The van der Waals surface area contributed by atoms with E-state index in [0.717, 1.165) is 63.7 Å². The Morgan fingerprint density at radius 2 is 0.493 bits per heavy atom. The number of carbonyl (C=O) groups is 3. The van der Waals surface area contributed by atoms with Crippen LogP contribution in [0.25, 0.3) is 0 Å². The maximum absolute atomic E-state index is 12.8. The van der Waals surface area contributed by atoms with Crippen LogP contribution in [-0.2, 0) is 28.6 Å². The zero-order chi connectivity index (χ0) is 48.8. The second-order valence-electron chi connectivity index (χ2n) is 21.5. The van der Waals surface area contributed by atoms with Gasteiger partial charge in [-0.3, -0.25) is 14.4 Å². The highest BCUT2D eigenvalue weighted by molar-refractivity contribution is 5.71. The standard InChI is InChI=1S/C61H118O6/c1-5-7-9-11-13-15-17-18-19-20-24-27-30-33-37-40-44-48-52-59(62)65-55-58(67-61(64)54-50-46-42-36-16-14-12-10-8-6-2)56-66-60(63)53-49-45-41-38-34-31-28-25-22-21-23-26-29-32-35-39-43-47-51-57(3)4/h57-58H,5-56H2,1-4H3/t58-/m1/s1. The van der Waals surface area contributed by atoms with E-state index in [9.17, 15) is 14.4 Å². The molecule has 0 heterocycles. The highest BCUT2D eigenvalue weighted by atomic mass is 16.6. The highest BCUT2D eigenvalue weighted by Crippen LogP contribution is 2.18. The van der Waals surface area contributed by atoms with Gasteiger partial charge < -0.3 is 14.2 Å². The lowest BCUT2D eigenvalue weighted by atomic mass is 10.0. The fourth-order valence-corrected chi connectivity index (χ4v) is 9.46. The summed E-state index contributed by atoms with van der Waals surface area (Å²) in [4.78, 5) is 38.1. The van der Waals surface area contributed by atoms with Gasteiger partial charge in [0, 0.05) is 19.3 Å². The summed E-state index contributed by atoms with van der Waals surface area (Å²) in [6.07, 6.45) is 61.1. The number of hydrogen-bond acceptors (Lipinski definition) is 6. The summed E-state index contributed by atoms with van der Waals surface area (Å²) in [5.74, 6) is 0.0248. The molecule has 0 unspecified atom stereocenters. The Labute approximate surface area is 418 Å². The molecule has 0 saturated heterocycles. The number of esters is 3. The minimum Gasteiger partial charge on any atom is -0.462 e. The Kier molecular flexibility index (Phi) is 54.0. The third-order valence-corrected chi connectivity index (χ3v) is 14.0. The van der Waals surface area contributed by atoms with Crippen molar-refractivity contribution in [2.75, 3.05) is 13.2 Å². The molecule has 0 aliphatic rings. The van der Waals surface area contributed by atoms with Crippen LogP contribution in [0.15, 0.2) is 0 Å². The van der Waals surface area contributed by atoms with Crippen molar-refractivity contribution >= 4 is 17.9 Å². The molecular weight excluding hydrogens is 829 g/mol. The predicted octanol–water partition coefficient (Wildman–Crippen LogP) is 20.2. The van der Waals surface area contributed by atoms with Gasteiger partial charge in [0.15, 0.2) is 6.10 Å². The minimum atomic E-state index is -0.761. The first-order valence-electron chi connectivity index (χ1n) is 30.4. The number of ether oxygens (including phenoxy) is 3. The van der Waals surface area contributed by atoms with E-state index in [1.807, 2.05) is 0 Å². The number of hydrogen-bond donors (Lipinski definition) is 0. The van der Waals surface area contributed by atoms with E-state index in [1.54, 1.807) is 0 Å². The molecule has 0 aliphatic carbocycles. The summed E-state index contributed by atoms with van der Waals surface area (Å²) >= 11 is 0. The van der Waals surface area contributed by atoms with Crippen LogP contribution in [-0.4, -0.2) is 37.2 Å². The van der Waals surface area contributed by atoms with E-state index >= 15 is 0 Å². The number of rotatable bonds is 56. The van der Waals surface area contributed by atoms with Crippen molar-refractivity contribution in [3.8, 4) is 0 Å². The molecule has 0 fully saturated rings. The monoisotopic (exact) mass is 947 g/mol. The number of carbonyl (C=O) groups excluding carboxylic acids is 3. The van der Waals surface area contributed by atoms with Crippen molar-refractivity contribution in [1.29, 1.82) is 0 Å². The molecule has 0 radical (unpaired) electrons. The molecule has 0 aliphatic heterocycles. The van der Waals surface area contributed by atoms with Crippen LogP contribution in [0.3, 0.4) is 0 Å². The lowest BCUT2D eigenvalue weighted by Crippen LogP contribution is -2.30. The quantitative estimate of drug-likeness (QED) is 0.0343. The van der Waals surface area contributed by atoms with Crippen LogP contribution in [0.4, 0.5) is 0 Å². The highest BCUT2D eigenvalue weighted by Gasteiger charge is 2.19. The average molecular weight is 948 g/mol. The van der Waals surface area contributed by atoms with Crippen LogP contribution in [0, 0.1) is 5.92 Å². The lowest BCUT2D eigenvalue weighted by molar-refractivity contribution is -0.167. The Morgan fingerprint density at radius 3 is 0.731 bits per heavy atom. The zero-order valence-corrected chi connectivity index (χ0v) is 45.9. The fourth-order valence-electron chi connectivity index (χ4n) is 9.46. The van der Waals surface area contributed by atoms with Gasteiger partial charge in [-0.25, -0.2) is 0 Å². The summed E-state index contributed by atoms with van der Waals surface area (Å²) in [6.45, 7) is 9.07. The van der Waals surface area contributed by atoms with Crippen LogP contribution < -0.4 is 0 Å². The summed E-state index contributed by atoms with van der Waals surface area (Å²) in [5.41, 5.74) is 0. The third kappa shape index (κ3) is 55.2. The SMILES string of the molecule is CCCCCCCCCCCCCCCCCCCCC(=O)OC[C@H](COC(=O)CCCCCCCCCCCCCCCCCCCCC(C)C)OC(=O)CCCCCCCCCCCC. The van der Waals surface area contributed by atoms with Crippen molar-refractivity contribution in [2.45, 2.75) is 355 Å². The van der Waals surface area contributed by atoms with Crippen molar-refractivity contribution in [2.24, 2.45) is 5.92 Å². The smallest absolute Gasteiger partial charge is 0.306 e. The summed E-state index contributed by atoms with van der Waals surface area (Å²) in [5, 5.41) is 0. The van der Waals surface area contributed by atoms with Crippen molar-refractivity contribution < 1.29 is 28.6 Å². The van der Waals surface area contributed by atoms with Gasteiger partial charge >= 0.3 is 17.9 Å². The van der Waals surface area contributed by atoms with E-state index in [4.69, 9.17) is 14.2 Å². The molecule has 0 spiro atoms. The first-order chi connectivity index (χ1) is 32.9. The Bertz CT molecular complexity index is 1010. The van der Waals surface area contributed by atoms with Gasteiger partial charge in [0.1, 0.15) is 13.2 Å². The van der Waals surface area contributed by atoms with E-state index in [2.05, 4.69) is 27.7 Å². The Morgan fingerprint density at radius 1 is 0.284 bits per heavy atom. The van der Waals surface area contributed by atoms with Gasteiger partial charge in [-0.1, -0.05) is 310 Å². The molecular formula is C61H118O6. The van der Waals surface area contributed by atoms with E-state index in [0.29, 0.717) is 19.3 Å². The van der Waals surface area contributed by atoms with Crippen LogP contribution in [0.5, 0.6) is 0 Å². The molecule has 0 amide bonds. The molecule has 0 rings (SSSR count). The van der Waals surface area contributed by atoms with Gasteiger partial charge in [-0.05, 0) is 25.2 Å². The lowest BCUT2D eigenvalue weighted by Gasteiger charge is -2.18. The molecule has 398 valence electrons. The van der Waals surface area contributed by atoms with E-state index < -0.39 is 6.10 Å². The van der Waals surface area contributed by atoms with Gasteiger partial charge in [-0.2, -0.15) is 0 Å². The van der Waals surface area contributed by atoms with Crippen LogP contribution in [0.1, 0.15) is 349 Å². The first kappa shape index (κ1) is 65.4. The molecule has 0 aromatic heterocycles. The van der Waals surface area contributed by atoms with Crippen LogP contribution >= 0.6 is 0 Å². The Balaban J connectivity index is 4.17. The molecule has 6 heteroatoms. The van der Waals surface area contributed by atoms with Crippen molar-refractivity contribution in [3.05, 3.63) is 0 Å². The topological polar surface area (TPSA) is 78.9 Å². The van der Waals surface area contributed by atoms with Crippen molar-refractivity contribution in [3.63, 3.8) is 0 Å². The second-order valence-corrected chi connectivity index (χ2v) is 21.5. The predicted molar refractivity (Wildman–Crippen MR) is 289 cm³/mol. The summed E-state index contributed by atoms with van der Waals surface area (Å²) in [7, 11) is 0. The largest absolute Gasteiger partial charge is 0.462 e. The second kappa shape index (κ2) is 55.3. The first-order valence-corrected chi connectivity index (χ1v) is 30.4. The fraction of sp³-hybridized carbons (Fsp3) is 0.951. The van der Waals surface area contributed by atoms with Crippen molar-refractivity contribution in [1.82, 2.24) is 0 Å².